The number of imidazole rings is 1. The second-order valence-electron chi connectivity index (χ2n) is 6.93. The van der Waals surface area contributed by atoms with Crippen LogP contribution in [0.4, 0.5) is 20.2 Å². The molecule has 162 valence electrons. The molecule has 1 aliphatic rings. The summed E-state index contributed by atoms with van der Waals surface area (Å²) in [5.74, 6) is -1.55. The van der Waals surface area contributed by atoms with Crippen LogP contribution in [-0.2, 0) is 9.47 Å². The minimum Gasteiger partial charge on any atom is -0.465 e. The van der Waals surface area contributed by atoms with E-state index in [0.717, 1.165) is 5.69 Å². The number of nitrogens with zero attached hydrogens (tertiary/aromatic N) is 2. The highest BCUT2D eigenvalue weighted by molar-refractivity contribution is 6.09. The molecule has 2 N–H and O–H groups in total. The van der Waals surface area contributed by atoms with Crippen molar-refractivity contribution >= 4 is 34.3 Å². The number of aromatic amines is 1. The minimum atomic E-state index is -2.74. The van der Waals surface area contributed by atoms with Crippen LogP contribution in [-0.4, -0.2) is 55.3 Å². The summed E-state index contributed by atoms with van der Waals surface area (Å²) in [4.78, 5) is 33.5. The third-order valence-corrected chi connectivity index (χ3v) is 5.00. The van der Waals surface area contributed by atoms with Gasteiger partial charge >= 0.3 is 5.97 Å². The summed E-state index contributed by atoms with van der Waals surface area (Å²) in [6.07, 6.45) is -2.74. The van der Waals surface area contributed by atoms with Crippen LogP contribution in [0.5, 0.6) is 0 Å². The van der Waals surface area contributed by atoms with Crippen molar-refractivity contribution in [1.82, 2.24) is 9.97 Å². The molecular weight excluding hydrogens is 410 g/mol. The quantitative estimate of drug-likeness (QED) is 0.603. The van der Waals surface area contributed by atoms with Crippen molar-refractivity contribution in [3.8, 4) is 0 Å². The highest BCUT2D eigenvalue weighted by Gasteiger charge is 2.20. The topological polar surface area (TPSA) is 96.6 Å². The van der Waals surface area contributed by atoms with Crippen LogP contribution in [0.3, 0.4) is 0 Å². The first-order chi connectivity index (χ1) is 15.0. The van der Waals surface area contributed by atoms with Gasteiger partial charge in [0.05, 0.1) is 42.6 Å². The molecule has 0 saturated carbocycles. The number of methoxy groups -OCH3 is 1. The number of fused-ring (bicyclic) bond motifs is 1. The smallest absolute Gasteiger partial charge is 0.340 e. The summed E-state index contributed by atoms with van der Waals surface area (Å²) in [6, 6.07) is 9.51. The fourth-order valence-electron chi connectivity index (χ4n) is 3.41. The molecule has 3 aromatic rings. The van der Waals surface area contributed by atoms with Gasteiger partial charge in [-0.2, -0.15) is 0 Å². The van der Waals surface area contributed by atoms with Crippen molar-refractivity contribution in [2.45, 2.75) is 6.43 Å². The first-order valence-electron chi connectivity index (χ1n) is 9.60. The van der Waals surface area contributed by atoms with E-state index in [1.54, 1.807) is 18.2 Å². The Morgan fingerprint density at radius 2 is 1.97 bits per heavy atom. The Balaban J connectivity index is 1.60. The molecule has 0 spiro atoms. The van der Waals surface area contributed by atoms with Gasteiger partial charge in [0.2, 0.25) is 0 Å². The average molecular weight is 430 g/mol. The van der Waals surface area contributed by atoms with Crippen molar-refractivity contribution < 1.29 is 27.8 Å². The molecule has 1 saturated heterocycles. The number of carbonyl (C=O) groups is 2. The normalized spacial score (nSPS) is 14.1. The van der Waals surface area contributed by atoms with E-state index < -0.39 is 24.1 Å². The van der Waals surface area contributed by atoms with Gasteiger partial charge < -0.3 is 24.7 Å². The van der Waals surface area contributed by atoms with E-state index in [0.29, 0.717) is 37.3 Å². The van der Waals surface area contributed by atoms with Crippen molar-refractivity contribution in [3.63, 3.8) is 0 Å². The lowest BCUT2D eigenvalue weighted by atomic mass is 10.1. The number of ether oxygens (including phenoxy) is 2. The van der Waals surface area contributed by atoms with Crippen LogP contribution >= 0.6 is 0 Å². The fraction of sp³-hybridized carbons (Fsp3) is 0.286. The van der Waals surface area contributed by atoms with Crippen molar-refractivity contribution in [2.24, 2.45) is 0 Å². The minimum absolute atomic E-state index is 0.211. The van der Waals surface area contributed by atoms with Gasteiger partial charge in [-0.25, -0.2) is 18.6 Å². The Bertz CT molecular complexity index is 1130. The maximum absolute atomic E-state index is 12.8. The number of morpholine rings is 1. The van der Waals surface area contributed by atoms with Gasteiger partial charge in [-0.1, -0.05) is 0 Å². The number of amides is 1. The number of rotatable bonds is 5. The molecule has 4 rings (SSSR count). The molecule has 0 unspecified atom stereocenters. The molecular formula is C21H20F2N4O4. The molecule has 0 aliphatic carbocycles. The van der Waals surface area contributed by atoms with E-state index in [1.807, 2.05) is 0 Å². The maximum atomic E-state index is 12.8. The number of esters is 1. The second kappa shape index (κ2) is 8.68. The molecule has 8 nitrogen and oxygen atoms in total. The maximum Gasteiger partial charge on any atom is 0.340 e. The standard InChI is InChI=1S/C21H20F2N4O4/c1-30-21(29)14-11-13(27-6-8-31-9-7-27)3-5-15(14)26-20(28)12-2-4-16-17(10-12)25-19(24-16)18(22)23/h2-5,10-11,18H,6-9H2,1H3,(H,24,25)(H,26,28). The lowest BCUT2D eigenvalue weighted by molar-refractivity contribution is 0.0602. The number of H-pyrrole nitrogens is 1. The van der Waals surface area contributed by atoms with E-state index in [-0.39, 0.29) is 16.8 Å². The van der Waals surface area contributed by atoms with Gasteiger partial charge in [0.25, 0.3) is 12.3 Å². The van der Waals surface area contributed by atoms with E-state index in [9.17, 15) is 18.4 Å². The number of benzene rings is 2. The lowest BCUT2D eigenvalue weighted by Gasteiger charge is -2.29. The number of anilines is 2. The van der Waals surface area contributed by atoms with E-state index in [4.69, 9.17) is 9.47 Å². The van der Waals surface area contributed by atoms with E-state index in [1.165, 1.54) is 25.3 Å². The molecule has 2 aromatic carbocycles. The number of halogens is 2. The zero-order chi connectivity index (χ0) is 22.0. The molecule has 1 aromatic heterocycles. The predicted octanol–water partition coefficient (Wildman–Crippen LogP) is 3.38. The van der Waals surface area contributed by atoms with Crippen molar-refractivity contribution in [1.29, 1.82) is 0 Å². The molecule has 0 atom stereocenters. The largest absolute Gasteiger partial charge is 0.465 e. The molecule has 10 heteroatoms. The zero-order valence-corrected chi connectivity index (χ0v) is 16.7. The lowest BCUT2D eigenvalue weighted by Crippen LogP contribution is -2.36. The number of aromatic nitrogens is 2. The van der Waals surface area contributed by atoms with Crippen LogP contribution in [0.15, 0.2) is 36.4 Å². The van der Waals surface area contributed by atoms with Crippen molar-refractivity contribution in [3.05, 3.63) is 53.3 Å². The molecule has 0 bridgehead atoms. The third-order valence-electron chi connectivity index (χ3n) is 5.00. The van der Waals surface area contributed by atoms with Gasteiger partial charge in [-0.05, 0) is 36.4 Å². The summed E-state index contributed by atoms with van der Waals surface area (Å²) in [5.41, 5.74) is 2.19. The summed E-state index contributed by atoms with van der Waals surface area (Å²) < 4.78 is 35.9. The van der Waals surface area contributed by atoms with E-state index in [2.05, 4.69) is 20.2 Å². The van der Waals surface area contributed by atoms with Crippen LogP contribution in [0.2, 0.25) is 0 Å². The first kappa shape index (κ1) is 20.7. The van der Waals surface area contributed by atoms with Crippen LogP contribution in [0.1, 0.15) is 33.0 Å². The van der Waals surface area contributed by atoms with Crippen LogP contribution < -0.4 is 10.2 Å². The second-order valence-corrected chi connectivity index (χ2v) is 6.93. The molecule has 1 aliphatic heterocycles. The monoisotopic (exact) mass is 430 g/mol. The van der Waals surface area contributed by atoms with Gasteiger partial charge in [-0.3, -0.25) is 4.79 Å². The Labute approximate surface area is 176 Å². The van der Waals surface area contributed by atoms with Crippen LogP contribution in [0.25, 0.3) is 11.0 Å². The molecule has 31 heavy (non-hydrogen) atoms. The summed E-state index contributed by atoms with van der Waals surface area (Å²) in [5, 5.41) is 2.70. The third kappa shape index (κ3) is 4.33. The zero-order valence-electron chi connectivity index (χ0n) is 16.7. The highest BCUT2D eigenvalue weighted by Crippen LogP contribution is 2.26. The van der Waals surface area contributed by atoms with Gasteiger partial charge in [-0.15, -0.1) is 0 Å². The SMILES string of the molecule is COC(=O)c1cc(N2CCOCC2)ccc1NC(=O)c1ccc2nc(C(F)F)[nH]c2c1. The first-order valence-corrected chi connectivity index (χ1v) is 9.60. The van der Waals surface area contributed by atoms with Crippen molar-refractivity contribution in [2.75, 3.05) is 43.6 Å². The molecule has 0 radical (unpaired) electrons. The number of carbonyl (C=O) groups excluding carboxylic acids is 2. The van der Waals surface area contributed by atoms with Gasteiger partial charge in [0, 0.05) is 24.3 Å². The van der Waals surface area contributed by atoms with Gasteiger partial charge in [0.1, 0.15) is 0 Å². The molecule has 1 fully saturated rings. The molecule has 1 amide bonds. The fourth-order valence-corrected chi connectivity index (χ4v) is 3.41. The highest BCUT2D eigenvalue weighted by atomic mass is 19.3. The predicted molar refractivity (Wildman–Crippen MR) is 110 cm³/mol. The Kier molecular flexibility index (Phi) is 5.81. The summed E-state index contributed by atoms with van der Waals surface area (Å²) in [7, 11) is 1.27. The summed E-state index contributed by atoms with van der Waals surface area (Å²) >= 11 is 0. The number of hydrogen-bond acceptors (Lipinski definition) is 6. The number of alkyl halides is 2. The summed E-state index contributed by atoms with van der Waals surface area (Å²) in [6.45, 7) is 2.57. The van der Waals surface area contributed by atoms with Gasteiger partial charge in [0.15, 0.2) is 5.82 Å². The Hall–Kier alpha value is -3.53. The number of nitrogens with one attached hydrogen (secondary N) is 2. The Morgan fingerprint density at radius 1 is 1.19 bits per heavy atom. The van der Waals surface area contributed by atoms with Crippen LogP contribution in [0, 0.1) is 0 Å². The average Bonchev–Trinajstić information content (AvgIpc) is 3.23. The Morgan fingerprint density at radius 3 is 2.68 bits per heavy atom. The number of hydrogen-bond donors (Lipinski definition) is 2. The van der Waals surface area contributed by atoms with E-state index >= 15 is 0 Å². The molecule has 2 heterocycles.